The number of nitrogens with one attached hydrogen (secondary N) is 1. The van der Waals surface area contributed by atoms with E-state index in [9.17, 15) is 9.90 Å². The van der Waals surface area contributed by atoms with Gasteiger partial charge in [0.15, 0.2) is 0 Å². The third-order valence-electron chi connectivity index (χ3n) is 8.04. The molecule has 0 radical (unpaired) electrons. The minimum atomic E-state index is -0.756. The van der Waals surface area contributed by atoms with Crippen LogP contribution in [0.5, 0.6) is 0 Å². The van der Waals surface area contributed by atoms with Gasteiger partial charge in [-0.05, 0) is 85.1 Å². The number of fused-ring (bicyclic) bond motifs is 2. The quantitative estimate of drug-likeness (QED) is 0.521. The van der Waals surface area contributed by atoms with Crippen molar-refractivity contribution < 1.29 is 14.6 Å². The number of ether oxygens (including phenoxy) is 1. The van der Waals surface area contributed by atoms with Crippen LogP contribution in [0.3, 0.4) is 0 Å². The predicted molar refractivity (Wildman–Crippen MR) is 129 cm³/mol. The fourth-order valence-corrected chi connectivity index (χ4v) is 6.36. The number of esters is 1. The highest BCUT2D eigenvalue weighted by Gasteiger charge is 2.54. The number of methoxy groups -OCH3 is 1. The molecule has 2 aromatic rings. The topological polar surface area (TPSA) is 58.6 Å². The van der Waals surface area contributed by atoms with Crippen molar-refractivity contribution in [1.82, 2.24) is 0 Å². The number of anilines is 1. The number of aliphatic hydroxyl groups is 1. The zero-order valence-electron chi connectivity index (χ0n) is 19.1. The van der Waals surface area contributed by atoms with Gasteiger partial charge < -0.3 is 15.2 Å². The average molecular weight is 456 g/mol. The van der Waals surface area contributed by atoms with E-state index < -0.39 is 5.54 Å². The summed E-state index contributed by atoms with van der Waals surface area (Å²) in [5.74, 6) is 0.596. The molecule has 2 aliphatic rings. The number of aliphatic hydroxyl groups excluding tert-OH is 1. The molecule has 172 valence electrons. The highest BCUT2D eigenvalue weighted by molar-refractivity contribution is 6.30. The summed E-state index contributed by atoms with van der Waals surface area (Å²) in [5.41, 5.74) is 3.01. The first-order chi connectivity index (χ1) is 15.5. The monoisotopic (exact) mass is 455 g/mol. The van der Waals surface area contributed by atoms with Gasteiger partial charge in [-0.15, -0.1) is 0 Å². The fourth-order valence-electron chi connectivity index (χ4n) is 6.16. The van der Waals surface area contributed by atoms with Gasteiger partial charge in [0.05, 0.1) is 7.11 Å². The molecule has 0 aromatic heterocycles. The van der Waals surface area contributed by atoms with Crippen molar-refractivity contribution in [2.24, 2.45) is 11.8 Å². The Bertz CT molecular complexity index is 947. The molecule has 0 amide bonds. The third-order valence-corrected chi connectivity index (χ3v) is 8.27. The number of hydrogen-bond acceptors (Lipinski definition) is 4. The lowest BCUT2D eigenvalue weighted by molar-refractivity contribution is -0.148. The van der Waals surface area contributed by atoms with Crippen molar-refractivity contribution >= 4 is 23.3 Å². The summed E-state index contributed by atoms with van der Waals surface area (Å²) in [6, 6.07) is 16.3. The molecule has 4 nitrogen and oxygen atoms in total. The van der Waals surface area contributed by atoms with Crippen molar-refractivity contribution in [3.05, 3.63) is 64.7 Å². The van der Waals surface area contributed by atoms with Gasteiger partial charge in [-0.1, -0.05) is 55.3 Å². The molecule has 32 heavy (non-hydrogen) atoms. The summed E-state index contributed by atoms with van der Waals surface area (Å²) in [7, 11) is 1.47. The van der Waals surface area contributed by atoms with E-state index in [1.54, 1.807) is 0 Å². The molecule has 1 saturated carbocycles. The summed E-state index contributed by atoms with van der Waals surface area (Å²) >= 11 is 6.19. The molecule has 2 aliphatic carbocycles. The Kier molecular flexibility index (Phi) is 6.83. The molecule has 2 N–H and O–H groups in total. The van der Waals surface area contributed by atoms with Crippen LogP contribution in [-0.2, 0) is 21.4 Å². The van der Waals surface area contributed by atoms with Gasteiger partial charge in [0, 0.05) is 17.3 Å². The largest absolute Gasteiger partial charge is 0.467 e. The molecule has 0 heterocycles. The number of carbonyl (C=O) groups excluding carboxylic acids is 1. The van der Waals surface area contributed by atoms with Gasteiger partial charge in [-0.25, -0.2) is 4.79 Å². The Labute approximate surface area is 196 Å². The van der Waals surface area contributed by atoms with Crippen molar-refractivity contribution in [2.75, 3.05) is 19.0 Å². The van der Waals surface area contributed by atoms with Crippen molar-refractivity contribution in [1.29, 1.82) is 0 Å². The molecule has 0 aliphatic heterocycles. The molecular formula is C27H34ClNO3. The van der Waals surface area contributed by atoms with E-state index in [0.29, 0.717) is 29.7 Å². The van der Waals surface area contributed by atoms with E-state index in [1.165, 1.54) is 18.2 Å². The number of halogens is 1. The van der Waals surface area contributed by atoms with Crippen LogP contribution < -0.4 is 5.32 Å². The Morgan fingerprint density at radius 2 is 1.94 bits per heavy atom. The zero-order chi connectivity index (χ0) is 22.8. The van der Waals surface area contributed by atoms with Gasteiger partial charge in [0.25, 0.3) is 0 Å². The summed E-state index contributed by atoms with van der Waals surface area (Å²) in [4.78, 5) is 13.0. The van der Waals surface area contributed by atoms with Crippen LogP contribution in [0, 0.1) is 11.8 Å². The van der Waals surface area contributed by atoms with E-state index in [1.807, 2.05) is 24.3 Å². The average Bonchev–Trinajstić information content (AvgIpc) is 3.11. The molecule has 4 rings (SSSR count). The van der Waals surface area contributed by atoms with Crippen LogP contribution in [0.15, 0.2) is 48.5 Å². The molecule has 2 atom stereocenters. The molecule has 0 unspecified atom stereocenters. The number of hydrogen-bond donors (Lipinski definition) is 2. The molecule has 5 heteroatoms. The van der Waals surface area contributed by atoms with Crippen molar-refractivity contribution in [3.8, 4) is 0 Å². The smallest absolute Gasteiger partial charge is 0.331 e. The summed E-state index contributed by atoms with van der Waals surface area (Å²) in [5, 5.41) is 14.0. The van der Waals surface area contributed by atoms with Crippen molar-refractivity contribution in [2.45, 2.75) is 62.8 Å². The summed E-state index contributed by atoms with van der Waals surface area (Å²) in [6.45, 7) is 2.40. The number of rotatable bonds is 7. The highest BCUT2D eigenvalue weighted by atomic mass is 35.5. The number of benzene rings is 2. The Morgan fingerprint density at radius 3 is 2.59 bits per heavy atom. The first-order valence-corrected chi connectivity index (χ1v) is 12.2. The molecule has 0 saturated heterocycles. The Morgan fingerprint density at radius 1 is 1.19 bits per heavy atom. The highest BCUT2D eigenvalue weighted by Crippen LogP contribution is 2.56. The maximum atomic E-state index is 13.0. The minimum absolute atomic E-state index is 0.0483. The molecule has 1 fully saturated rings. The van der Waals surface area contributed by atoms with Gasteiger partial charge in [-0.2, -0.15) is 0 Å². The summed E-state index contributed by atoms with van der Waals surface area (Å²) in [6.07, 6.45) is 6.30. The van der Waals surface area contributed by atoms with Crippen LogP contribution in [-0.4, -0.2) is 30.3 Å². The Hall–Kier alpha value is -2.04. The maximum absolute atomic E-state index is 13.0. The SMILES string of the molecule is CC[C@H](CO)C[C@H]1Cc2ccccc2C12CCC(Nc1cccc(Cl)c1)(C(=O)OC)CC2. The molecule has 1 spiro atoms. The Balaban J connectivity index is 1.64. The van der Waals surface area contributed by atoms with Crippen LogP contribution in [0.25, 0.3) is 0 Å². The van der Waals surface area contributed by atoms with Crippen LogP contribution in [0.4, 0.5) is 5.69 Å². The van der Waals surface area contributed by atoms with E-state index in [4.69, 9.17) is 16.3 Å². The fraction of sp³-hybridized carbons (Fsp3) is 0.519. The molecular weight excluding hydrogens is 422 g/mol. The number of carbonyl (C=O) groups is 1. The summed E-state index contributed by atoms with van der Waals surface area (Å²) < 4.78 is 5.27. The second kappa shape index (κ2) is 9.44. The lowest BCUT2D eigenvalue weighted by Gasteiger charge is -2.48. The lowest BCUT2D eigenvalue weighted by Crippen LogP contribution is -2.53. The third kappa shape index (κ3) is 4.15. The first-order valence-electron chi connectivity index (χ1n) is 11.8. The second-order valence-corrected chi connectivity index (χ2v) is 10.1. The molecule has 0 bridgehead atoms. The minimum Gasteiger partial charge on any atom is -0.467 e. The van der Waals surface area contributed by atoms with Crippen LogP contribution >= 0.6 is 11.6 Å². The standard InChI is InChI=1S/C27H34ClNO3/c1-3-19(18-30)15-21-16-20-7-4-5-10-24(20)26(21)11-13-27(14-12-26,25(31)32-2)29-23-9-6-8-22(28)17-23/h4-10,17,19,21,29-30H,3,11-16,18H2,1-2H3/t19-,21-,26?,27?/m0/s1. The van der Waals surface area contributed by atoms with E-state index in [0.717, 1.165) is 37.8 Å². The van der Waals surface area contributed by atoms with E-state index >= 15 is 0 Å². The second-order valence-electron chi connectivity index (χ2n) is 9.62. The maximum Gasteiger partial charge on any atom is 0.331 e. The van der Waals surface area contributed by atoms with Crippen LogP contribution in [0.1, 0.15) is 56.6 Å². The van der Waals surface area contributed by atoms with Gasteiger partial charge in [0.2, 0.25) is 0 Å². The van der Waals surface area contributed by atoms with Gasteiger partial charge >= 0.3 is 5.97 Å². The normalized spacial score (nSPS) is 27.7. The first kappa shape index (κ1) is 23.1. The van der Waals surface area contributed by atoms with E-state index in [-0.39, 0.29) is 18.0 Å². The van der Waals surface area contributed by atoms with Gasteiger partial charge in [0.1, 0.15) is 5.54 Å². The van der Waals surface area contributed by atoms with Crippen LogP contribution in [0.2, 0.25) is 5.02 Å². The molecule has 2 aromatic carbocycles. The predicted octanol–water partition coefficient (Wildman–Crippen LogP) is 5.76. The zero-order valence-corrected chi connectivity index (χ0v) is 19.8. The lowest BCUT2D eigenvalue weighted by atomic mass is 9.59. The van der Waals surface area contributed by atoms with Gasteiger partial charge in [-0.3, -0.25) is 0 Å². The van der Waals surface area contributed by atoms with E-state index in [2.05, 4.69) is 36.5 Å². The van der Waals surface area contributed by atoms with Crippen molar-refractivity contribution in [3.63, 3.8) is 0 Å².